The van der Waals surface area contributed by atoms with E-state index >= 15 is 0 Å². The van der Waals surface area contributed by atoms with Crippen molar-refractivity contribution in [3.05, 3.63) is 35.6 Å². The monoisotopic (exact) mass is 250 g/mol. The van der Waals surface area contributed by atoms with Gasteiger partial charge in [-0.1, -0.05) is 25.1 Å². The molecule has 2 rings (SSSR count). The Hall–Kier alpha value is -1.91. The Kier molecular flexibility index (Phi) is 3.60. The maximum atomic E-state index is 13.5. The molecule has 1 N–H and O–H groups in total. The quantitative estimate of drug-likeness (QED) is 0.872. The summed E-state index contributed by atoms with van der Waals surface area (Å²) in [5.41, 5.74) is 0.426. The highest BCUT2D eigenvalue weighted by molar-refractivity contribution is 5.94. The zero-order valence-electron chi connectivity index (χ0n) is 10.1. The van der Waals surface area contributed by atoms with Crippen LogP contribution in [0.2, 0.25) is 0 Å². The van der Waals surface area contributed by atoms with Gasteiger partial charge in [0.1, 0.15) is 11.9 Å². The molecule has 1 atom stereocenters. The van der Waals surface area contributed by atoms with E-state index in [0.717, 1.165) is 0 Å². The van der Waals surface area contributed by atoms with Crippen LogP contribution in [-0.4, -0.2) is 29.3 Å². The summed E-state index contributed by atoms with van der Waals surface area (Å²) in [5, 5.41) is 2.62. The van der Waals surface area contributed by atoms with Gasteiger partial charge in [0.15, 0.2) is 0 Å². The smallest absolute Gasteiger partial charge is 0.245 e. The fourth-order valence-electron chi connectivity index (χ4n) is 2.02. The lowest BCUT2D eigenvalue weighted by atomic mass is 10.1. The van der Waals surface area contributed by atoms with E-state index in [1.165, 1.54) is 11.0 Å². The Labute approximate surface area is 105 Å². The van der Waals surface area contributed by atoms with Crippen LogP contribution in [0.15, 0.2) is 24.3 Å². The summed E-state index contributed by atoms with van der Waals surface area (Å²) >= 11 is 0. The zero-order valence-corrected chi connectivity index (χ0v) is 10.1. The van der Waals surface area contributed by atoms with E-state index in [4.69, 9.17) is 0 Å². The summed E-state index contributed by atoms with van der Waals surface area (Å²) in [7, 11) is 0. The molecule has 1 aromatic carbocycles. The third kappa shape index (κ3) is 2.50. The van der Waals surface area contributed by atoms with Gasteiger partial charge in [-0.3, -0.25) is 9.59 Å². The second kappa shape index (κ2) is 5.16. The van der Waals surface area contributed by atoms with Crippen LogP contribution in [0.25, 0.3) is 0 Å². The molecule has 0 aliphatic carbocycles. The summed E-state index contributed by atoms with van der Waals surface area (Å²) in [5.74, 6) is -0.706. The lowest BCUT2D eigenvalue weighted by Gasteiger charge is -2.32. The van der Waals surface area contributed by atoms with E-state index in [1.807, 2.05) is 6.92 Å². The molecule has 1 heterocycles. The zero-order chi connectivity index (χ0) is 13.1. The predicted octanol–water partition coefficient (Wildman–Crippen LogP) is 1.06. The van der Waals surface area contributed by atoms with E-state index in [1.54, 1.807) is 18.2 Å². The van der Waals surface area contributed by atoms with Gasteiger partial charge in [0.2, 0.25) is 11.8 Å². The number of halogens is 1. The number of nitrogens with zero attached hydrogens (tertiary/aromatic N) is 1. The van der Waals surface area contributed by atoms with Gasteiger partial charge in [-0.2, -0.15) is 0 Å². The number of rotatable bonds is 3. The first kappa shape index (κ1) is 12.5. The average Bonchev–Trinajstić information content (AvgIpc) is 2.36. The highest BCUT2D eigenvalue weighted by Crippen LogP contribution is 2.13. The number of hydrogen-bond acceptors (Lipinski definition) is 2. The molecule has 0 bridgehead atoms. The van der Waals surface area contributed by atoms with Crippen molar-refractivity contribution in [3.8, 4) is 0 Å². The molecule has 1 aliphatic heterocycles. The van der Waals surface area contributed by atoms with Gasteiger partial charge in [0, 0.05) is 12.1 Å². The molecule has 18 heavy (non-hydrogen) atoms. The van der Waals surface area contributed by atoms with Crippen LogP contribution in [-0.2, 0) is 16.1 Å². The Bertz CT molecular complexity index is 476. The molecule has 0 spiro atoms. The molecular formula is C13H15FN2O2. The molecule has 0 radical (unpaired) electrons. The van der Waals surface area contributed by atoms with Gasteiger partial charge >= 0.3 is 0 Å². The minimum absolute atomic E-state index is 0.0103. The van der Waals surface area contributed by atoms with Crippen molar-refractivity contribution in [3.63, 3.8) is 0 Å². The maximum absolute atomic E-state index is 13.5. The number of amides is 2. The number of benzene rings is 1. The first-order valence-corrected chi connectivity index (χ1v) is 5.93. The van der Waals surface area contributed by atoms with Crippen LogP contribution in [0.4, 0.5) is 4.39 Å². The molecule has 0 saturated carbocycles. The molecule has 2 amide bonds. The van der Waals surface area contributed by atoms with Crippen LogP contribution >= 0.6 is 0 Å². The van der Waals surface area contributed by atoms with E-state index < -0.39 is 6.04 Å². The van der Waals surface area contributed by atoms with Crippen LogP contribution in [0, 0.1) is 5.82 Å². The summed E-state index contributed by atoms with van der Waals surface area (Å²) < 4.78 is 13.5. The second-order valence-corrected chi connectivity index (χ2v) is 4.31. The van der Waals surface area contributed by atoms with Gasteiger partial charge in [0.05, 0.1) is 6.54 Å². The predicted molar refractivity (Wildman–Crippen MR) is 64.0 cm³/mol. The van der Waals surface area contributed by atoms with Crippen molar-refractivity contribution in [2.24, 2.45) is 0 Å². The maximum Gasteiger partial charge on any atom is 0.245 e. The van der Waals surface area contributed by atoms with Crippen LogP contribution < -0.4 is 5.32 Å². The van der Waals surface area contributed by atoms with Crippen LogP contribution in [0.3, 0.4) is 0 Å². The molecule has 96 valence electrons. The molecule has 1 saturated heterocycles. The van der Waals surface area contributed by atoms with E-state index in [2.05, 4.69) is 5.32 Å². The molecule has 0 aromatic heterocycles. The Balaban J connectivity index is 2.15. The number of nitrogens with one attached hydrogen (secondary N) is 1. The summed E-state index contributed by atoms with van der Waals surface area (Å²) in [6, 6.07) is 5.79. The summed E-state index contributed by atoms with van der Waals surface area (Å²) in [6.45, 7) is 1.95. The van der Waals surface area contributed by atoms with Gasteiger partial charge in [-0.15, -0.1) is 0 Å². The number of hydrogen-bond donors (Lipinski definition) is 1. The Morgan fingerprint density at radius 1 is 1.39 bits per heavy atom. The van der Waals surface area contributed by atoms with Crippen molar-refractivity contribution in [1.29, 1.82) is 0 Å². The number of carbonyl (C=O) groups is 2. The summed E-state index contributed by atoms with van der Waals surface area (Å²) in [4.78, 5) is 24.9. The molecule has 1 aromatic rings. The minimum atomic E-state index is -0.488. The normalized spacial score (nSPS) is 19.9. The van der Waals surface area contributed by atoms with E-state index in [9.17, 15) is 14.0 Å². The van der Waals surface area contributed by atoms with Crippen molar-refractivity contribution >= 4 is 11.8 Å². The first-order chi connectivity index (χ1) is 8.61. The first-order valence-electron chi connectivity index (χ1n) is 5.93. The SMILES string of the molecule is CCC1NC(=O)CN(Cc2ccccc2F)C1=O. The number of piperazine rings is 1. The lowest BCUT2D eigenvalue weighted by molar-refractivity contribution is -0.144. The van der Waals surface area contributed by atoms with E-state index in [-0.39, 0.29) is 30.7 Å². The highest BCUT2D eigenvalue weighted by atomic mass is 19.1. The standard InChI is InChI=1S/C13H15FN2O2/c1-2-11-13(18)16(8-12(17)15-11)7-9-5-3-4-6-10(9)14/h3-6,11H,2,7-8H2,1H3,(H,15,17). The third-order valence-electron chi connectivity index (χ3n) is 3.01. The average molecular weight is 250 g/mol. The van der Waals surface area contributed by atoms with Crippen LogP contribution in [0.1, 0.15) is 18.9 Å². The van der Waals surface area contributed by atoms with Crippen LogP contribution in [0.5, 0.6) is 0 Å². The minimum Gasteiger partial charge on any atom is -0.343 e. The lowest BCUT2D eigenvalue weighted by Crippen LogP contribution is -2.57. The fourth-order valence-corrected chi connectivity index (χ4v) is 2.02. The Morgan fingerprint density at radius 2 is 2.11 bits per heavy atom. The van der Waals surface area contributed by atoms with E-state index in [0.29, 0.717) is 12.0 Å². The molecular weight excluding hydrogens is 235 g/mol. The van der Waals surface area contributed by atoms with Gasteiger partial charge in [-0.05, 0) is 12.5 Å². The Morgan fingerprint density at radius 3 is 2.78 bits per heavy atom. The van der Waals surface area contributed by atoms with Gasteiger partial charge in [-0.25, -0.2) is 4.39 Å². The van der Waals surface area contributed by atoms with Gasteiger partial charge in [0.25, 0.3) is 0 Å². The molecule has 1 aliphatic rings. The third-order valence-corrected chi connectivity index (χ3v) is 3.01. The van der Waals surface area contributed by atoms with Gasteiger partial charge < -0.3 is 10.2 Å². The largest absolute Gasteiger partial charge is 0.343 e. The molecule has 4 nitrogen and oxygen atoms in total. The molecule has 1 unspecified atom stereocenters. The van der Waals surface area contributed by atoms with Crippen molar-refractivity contribution in [2.45, 2.75) is 25.9 Å². The fraction of sp³-hybridized carbons (Fsp3) is 0.385. The van der Waals surface area contributed by atoms with Crippen molar-refractivity contribution in [2.75, 3.05) is 6.54 Å². The topological polar surface area (TPSA) is 49.4 Å². The van der Waals surface area contributed by atoms with Crippen molar-refractivity contribution in [1.82, 2.24) is 10.2 Å². The molecule has 1 fully saturated rings. The highest BCUT2D eigenvalue weighted by Gasteiger charge is 2.31. The van der Waals surface area contributed by atoms with Crippen molar-refractivity contribution < 1.29 is 14.0 Å². The summed E-state index contributed by atoms with van der Waals surface area (Å²) in [6.07, 6.45) is 0.540. The second-order valence-electron chi connectivity index (χ2n) is 4.31. The number of carbonyl (C=O) groups excluding carboxylic acids is 2. The molecule has 5 heteroatoms.